The van der Waals surface area contributed by atoms with E-state index in [9.17, 15) is 5.11 Å². The lowest BCUT2D eigenvalue weighted by atomic mass is 10.2. The van der Waals surface area contributed by atoms with Gasteiger partial charge in [-0.2, -0.15) is 0 Å². The van der Waals surface area contributed by atoms with E-state index in [0.29, 0.717) is 0 Å². The number of anilines is 1. The highest BCUT2D eigenvalue weighted by Gasteiger charge is 2.28. The van der Waals surface area contributed by atoms with Crippen molar-refractivity contribution in [3.63, 3.8) is 0 Å². The van der Waals surface area contributed by atoms with Crippen molar-refractivity contribution in [1.29, 1.82) is 0 Å². The summed E-state index contributed by atoms with van der Waals surface area (Å²) in [7, 11) is -1.80. The molecular formula is C19H25NO2Si. The van der Waals surface area contributed by atoms with E-state index in [1.54, 1.807) is 0 Å². The third-order valence-corrected chi connectivity index (χ3v) is 8.44. The maximum atomic E-state index is 9.65. The van der Waals surface area contributed by atoms with Gasteiger partial charge in [0.1, 0.15) is 8.07 Å². The quantitative estimate of drug-likeness (QED) is 0.870. The minimum Gasteiger partial charge on any atom is -0.392 e. The Morgan fingerprint density at radius 3 is 2.30 bits per heavy atom. The molecule has 0 amide bonds. The molecule has 3 nitrogen and oxygen atoms in total. The average molecular weight is 328 g/mol. The fourth-order valence-corrected chi connectivity index (χ4v) is 6.12. The molecule has 1 fully saturated rings. The first-order valence-electron chi connectivity index (χ1n) is 8.25. The van der Waals surface area contributed by atoms with Gasteiger partial charge in [0.05, 0.1) is 19.8 Å². The van der Waals surface area contributed by atoms with Crippen molar-refractivity contribution in [3.8, 4) is 0 Å². The van der Waals surface area contributed by atoms with E-state index in [1.807, 2.05) is 12.1 Å². The molecule has 0 spiro atoms. The minimum atomic E-state index is -1.80. The first-order valence-corrected chi connectivity index (χ1v) is 11.3. The minimum absolute atomic E-state index is 0.110. The molecule has 0 unspecified atom stereocenters. The summed E-state index contributed by atoms with van der Waals surface area (Å²) in [5.41, 5.74) is 2.33. The monoisotopic (exact) mass is 327 g/mol. The van der Waals surface area contributed by atoms with Crippen LogP contribution in [0.15, 0.2) is 48.5 Å². The molecule has 0 bridgehead atoms. The summed E-state index contributed by atoms with van der Waals surface area (Å²) in [6.45, 7) is 8.37. The largest absolute Gasteiger partial charge is 0.392 e. The SMILES string of the molecule is C[Si](C)(c1ccc(N2CCOCC2)cc1)c1ccccc1CO. The number of ether oxygens (including phenoxy) is 1. The van der Waals surface area contributed by atoms with Gasteiger partial charge >= 0.3 is 0 Å². The molecule has 0 aromatic heterocycles. The van der Waals surface area contributed by atoms with Crippen LogP contribution in [0.4, 0.5) is 5.69 Å². The molecule has 2 aromatic carbocycles. The summed E-state index contributed by atoms with van der Waals surface area (Å²) in [5.74, 6) is 0. The molecule has 1 aliphatic heterocycles. The van der Waals surface area contributed by atoms with Gasteiger partial charge < -0.3 is 14.7 Å². The maximum absolute atomic E-state index is 9.65. The van der Waals surface area contributed by atoms with Crippen molar-refractivity contribution in [2.24, 2.45) is 0 Å². The van der Waals surface area contributed by atoms with Gasteiger partial charge in [-0.1, -0.05) is 54.7 Å². The number of morpholine rings is 1. The lowest BCUT2D eigenvalue weighted by Crippen LogP contribution is -2.54. The van der Waals surface area contributed by atoms with Crippen LogP contribution in [0.25, 0.3) is 0 Å². The van der Waals surface area contributed by atoms with Crippen molar-refractivity contribution in [1.82, 2.24) is 0 Å². The second-order valence-electron chi connectivity index (χ2n) is 6.59. The second kappa shape index (κ2) is 6.87. The Bertz CT molecular complexity index is 649. The summed E-state index contributed by atoms with van der Waals surface area (Å²) >= 11 is 0. The van der Waals surface area contributed by atoms with Gasteiger partial charge in [-0.3, -0.25) is 0 Å². The number of aliphatic hydroxyl groups excluding tert-OH is 1. The van der Waals surface area contributed by atoms with Crippen molar-refractivity contribution in [2.75, 3.05) is 31.2 Å². The molecular weight excluding hydrogens is 302 g/mol. The standard InChI is InChI=1S/C19H25NO2Si/c1-23(2,19-6-4-3-5-16(19)15-21)18-9-7-17(8-10-18)20-11-13-22-14-12-20/h3-10,21H,11-15H2,1-2H3. The summed E-state index contributed by atoms with van der Waals surface area (Å²) in [4.78, 5) is 2.38. The number of aliphatic hydroxyl groups is 1. The fraction of sp³-hybridized carbons (Fsp3) is 0.368. The van der Waals surface area contributed by atoms with Gasteiger partial charge in [0.15, 0.2) is 0 Å². The van der Waals surface area contributed by atoms with Crippen molar-refractivity contribution < 1.29 is 9.84 Å². The molecule has 3 rings (SSSR count). The zero-order valence-electron chi connectivity index (χ0n) is 14.0. The van der Waals surface area contributed by atoms with E-state index in [2.05, 4.69) is 54.4 Å². The van der Waals surface area contributed by atoms with Crippen molar-refractivity contribution in [2.45, 2.75) is 19.7 Å². The van der Waals surface area contributed by atoms with Gasteiger partial charge in [-0.25, -0.2) is 0 Å². The maximum Gasteiger partial charge on any atom is 0.112 e. The molecule has 4 heteroatoms. The van der Waals surface area contributed by atoms with E-state index < -0.39 is 8.07 Å². The molecule has 122 valence electrons. The molecule has 1 heterocycles. The van der Waals surface area contributed by atoms with Crippen LogP contribution >= 0.6 is 0 Å². The van der Waals surface area contributed by atoms with Gasteiger partial charge in [0, 0.05) is 18.8 Å². The Morgan fingerprint density at radius 2 is 1.65 bits per heavy atom. The molecule has 2 aromatic rings. The number of rotatable bonds is 4. The summed E-state index contributed by atoms with van der Waals surface area (Å²) in [5, 5.41) is 12.4. The Kier molecular flexibility index (Phi) is 4.85. The predicted octanol–water partition coefficient (Wildman–Crippen LogP) is 1.84. The number of hydrogen-bond donors (Lipinski definition) is 1. The molecule has 0 atom stereocenters. The molecule has 0 aliphatic carbocycles. The first-order chi connectivity index (χ1) is 11.1. The number of benzene rings is 2. The second-order valence-corrected chi connectivity index (χ2v) is 11.0. The smallest absolute Gasteiger partial charge is 0.112 e. The van der Waals surface area contributed by atoms with Crippen molar-refractivity contribution in [3.05, 3.63) is 54.1 Å². The lowest BCUT2D eigenvalue weighted by molar-refractivity contribution is 0.122. The molecule has 23 heavy (non-hydrogen) atoms. The molecule has 1 N–H and O–H groups in total. The Morgan fingerprint density at radius 1 is 1.00 bits per heavy atom. The number of hydrogen-bond acceptors (Lipinski definition) is 3. The first kappa shape index (κ1) is 16.2. The van der Waals surface area contributed by atoms with Crippen LogP contribution in [-0.4, -0.2) is 39.5 Å². The number of nitrogens with zero attached hydrogens (tertiary/aromatic N) is 1. The highest BCUT2D eigenvalue weighted by atomic mass is 28.3. The van der Waals surface area contributed by atoms with Crippen LogP contribution in [0.1, 0.15) is 5.56 Å². The zero-order chi connectivity index (χ0) is 16.3. The summed E-state index contributed by atoms with van der Waals surface area (Å²) < 4.78 is 5.42. The topological polar surface area (TPSA) is 32.7 Å². The van der Waals surface area contributed by atoms with Crippen LogP contribution in [-0.2, 0) is 11.3 Å². The molecule has 1 saturated heterocycles. The van der Waals surface area contributed by atoms with Crippen LogP contribution < -0.4 is 15.3 Å². The summed E-state index contributed by atoms with van der Waals surface area (Å²) in [6, 6.07) is 17.3. The third kappa shape index (κ3) is 3.34. The van der Waals surface area contributed by atoms with Crippen LogP contribution in [0.3, 0.4) is 0 Å². The van der Waals surface area contributed by atoms with Gasteiger partial charge in [0.2, 0.25) is 0 Å². The van der Waals surface area contributed by atoms with Crippen molar-refractivity contribution >= 4 is 24.1 Å². The van der Waals surface area contributed by atoms with Gasteiger partial charge in [-0.05, 0) is 22.9 Å². The zero-order valence-corrected chi connectivity index (χ0v) is 15.0. The molecule has 0 saturated carbocycles. The highest BCUT2D eigenvalue weighted by Crippen LogP contribution is 2.16. The fourth-order valence-electron chi connectivity index (χ4n) is 3.33. The van der Waals surface area contributed by atoms with E-state index in [4.69, 9.17) is 4.74 Å². The Labute approximate surface area is 139 Å². The van der Waals surface area contributed by atoms with Crippen LogP contribution in [0.5, 0.6) is 0 Å². The van der Waals surface area contributed by atoms with Gasteiger partial charge in [0.25, 0.3) is 0 Å². The van der Waals surface area contributed by atoms with E-state index in [0.717, 1.165) is 31.9 Å². The normalized spacial score (nSPS) is 15.7. The Hall–Kier alpha value is -1.62. The van der Waals surface area contributed by atoms with Crippen LogP contribution in [0, 0.1) is 0 Å². The van der Waals surface area contributed by atoms with E-state index in [1.165, 1.54) is 16.1 Å². The molecule has 1 aliphatic rings. The average Bonchev–Trinajstić information content (AvgIpc) is 2.62. The molecule has 0 radical (unpaired) electrons. The highest BCUT2D eigenvalue weighted by molar-refractivity contribution is 7.00. The Balaban J connectivity index is 1.88. The lowest BCUT2D eigenvalue weighted by Gasteiger charge is -2.30. The van der Waals surface area contributed by atoms with Crippen LogP contribution in [0.2, 0.25) is 13.1 Å². The predicted molar refractivity (Wildman–Crippen MR) is 98.6 cm³/mol. The van der Waals surface area contributed by atoms with E-state index in [-0.39, 0.29) is 6.61 Å². The summed E-state index contributed by atoms with van der Waals surface area (Å²) in [6.07, 6.45) is 0. The third-order valence-electron chi connectivity index (χ3n) is 4.83. The van der Waals surface area contributed by atoms with Gasteiger partial charge in [-0.15, -0.1) is 0 Å². The van der Waals surface area contributed by atoms with E-state index >= 15 is 0 Å².